The van der Waals surface area contributed by atoms with Gasteiger partial charge >= 0.3 is 19.5 Å². The Kier molecular flexibility index (Phi) is 26.3. The zero-order valence-electron chi connectivity index (χ0n) is 43.7. The second-order valence-electron chi connectivity index (χ2n) is 17.4. The third-order valence-electron chi connectivity index (χ3n) is 12.2. The van der Waals surface area contributed by atoms with Crippen LogP contribution in [0.1, 0.15) is 0 Å². The van der Waals surface area contributed by atoms with E-state index in [4.69, 9.17) is 0 Å². The van der Waals surface area contributed by atoms with Crippen LogP contribution in [0.4, 0.5) is 0 Å². The third-order valence-corrected chi connectivity index (χ3v) is 21.9. The van der Waals surface area contributed by atoms with Crippen molar-refractivity contribution >= 4 is 95.3 Å². The van der Waals surface area contributed by atoms with Crippen LogP contribution in [0.5, 0.6) is 0 Å². The quantitative estimate of drug-likeness (QED) is 0.0904. The molecule has 0 heterocycles. The zero-order chi connectivity index (χ0) is 51.7. The summed E-state index contributed by atoms with van der Waals surface area (Å²) in [5, 5.41) is 16.8. The van der Waals surface area contributed by atoms with Gasteiger partial charge in [0.15, 0.2) is 0 Å². The Morgan fingerprint density at radius 3 is 0.241 bits per heavy atom. The molecule has 12 aromatic rings. The van der Waals surface area contributed by atoms with Gasteiger partial charge in [-0.15, -0.1) is 0 Å². The number of hydrogen-bond acceptors (Lipinski definition) is 2. The van der Waals surface area contributed by atoms with E-state index in [0.717, 1.165) is 0 Å². The smallest absolute Gasteiger partial charge is 0.870 e. The topological polar surface area (TPSA) is 60.0 Å². The Labute approximate surface area is 486 Å². The van der Waals surface area contributed by atoms with Crippen LogP contribution in [-0.4, -0.2) is 11.0 Å². The number of hydrogen-bond donors (Lipinski definition) is 0. The molecule has 0 unspecified atom stereocenters. The molecule has 0 radical (unpaired) electrons. The molecule has 390 valence electrons. The minimum Gasteiger partial charge on any atom is -0.870 e. The maximum atomic E-state index is 2.23. The van der Waals surface area contributed by atoms with E-state index in [-0.39, 0.29) is 30.4 Å². The van der Waals surface area contributed by atoms with Gasteiger partial charge < -0.3 is 11.0 Å². The summed E-state index contributed by atoms with van der Waals surface area (Å²) in [5.74, 6) is 0. The Hall–Kier alpha value is -7.10. The summed E-state index contributed by atoms with van der Waals surface area (Å²) in [6.07, 6.45) is 0. The van der Waals surface area contributed by atoms with Crippen LogP contribution in [0, 0.1) is 0 Å². The van der Waals surface area contributed by atoms with Gasteiger partial charge in [-0.1, -0.05) is 364 Å². The van der Waals surface area contributed by atoms with Gasteiger partial charge in [-0.3, -0.25) is 0 Å². The molecule has 0 spiro atoms. The van der Waals surface area contributed by atoms with Crippen molar-refractivity contribution in [2.75, 3.05) is 0 Å². The molecule has 0 bridgehead atoms. The minimum atomic E-state index is -0.446. The van der Waals surface area contributed by atoms with Crippen LogP contribution in [0.2, 0.25) is 0 Å². The van der Waals surface area contributed by atoms with Gasteiger partial charge in [0.1, 0.15) is 0 Å². The molecule has 0 atom stereocenters. The predicted octanol–water partition coefficient (Wildman–Crippen LogP) is 13.4. The van der Waals surface area contributed by atoms with Gasteiger partial charge in [0, 0.05) is 0 Å². The first-order chi connectivity index (χ1) is 37.8. The molecule has 7 heteroatoms. The van der Waals surface area contributed by atoms with Gasteiger partial charge in [-0.05, 0) is 95.3 Å². The van der Waals surface area contributed by atoms with E-state index in [9.17, 15) is 0 Å². The molecule has 79 heavy (non-hydrogen) atoms. The summed E-state index contributed by atoms with van der Waals surface area (Å²) in [5.41, 5.74) is 0. The van der Waals surface area contributed by atoms with Crippen LogP contribution in [0.15, 0.2) is 364 Å². The Morgan fingerprint density at radius 1 is 0.114 bits per heavy atom. The Morgan fingerprint density at radius 2 is 0.177 bits per heavy atom. The molecular formula is C72H62O2P4Ru. The standard InChI is InChI=1S/4C18H15P.2H2O.Ru/c4*1-4-10-16(11-5-1)19(17-12-6-2-7-13-17)18-14-8-3-9-15-18;;;/h4*1-15H;2*1H2;/q;;;;;;+2/p-2. The average Bonchev–Trinajstić information content (AvgIpc) is 3.51. The Balaban J connectivity index is 0.000000168. The summed E-state index contributed by atoms with van der Waals surface area (Å²) in [6.45, 7) is 0. The molecule has 0 saturated heterocycles. The Bertz CT molecular complexity index is 2590. The van der Waals surface area contributed by atoms with Gasteiger partial charge in [0.25, 0.3) is 0 Å². The van der Waals surface area contributed by atoms with Crippen molar-refractivity contribution in [2.24, 2.45) is 0 Å². The summed E-state index contributed by atoms with van der Waals surface area (Å²) in [6, 6.07) is 129. The minimum absolute atomic E-state index is 0. The average molecular weight is 1180 g/mol. The summed E-state index contributed by atoms with van der Waals surface area (Å²) < 4.78 is 0. The fourth-order valence-corrected chi connectivity index (χ4v) is 17.9. The van der Waals surface area contributed by atoms with Crippen molar-refractivity contribution in [1.29, 1.82) is 0 Å². The number of rotatable bonds is 12. The zero-order valence-corrected chi connectivity index (χ0v) is 49.0. The van der Waals surface area contributed by atoms with E-state index in [1.807, 2.05) is 0 Å². The first kappa shape index (κ1) is 61.1. The van der Waals surface area contributed by atoms with Gasteiger partial charge in [-0.25, -0.2) is 0 Å². The van der Waals surface area contributed by atoms with Crippen LogP contribution in [0.3, 0.4) is 0 Å². The van der Waals surface area contributed by atoms with Crippen molar-refractivity contribution in [1.82, 2.24) is 0 Å². The molecule has 2 N–H and O–H groups in total. The van der Waals surface area contributed by atoms with E-state index in [0.29, 0.717) is 0 Å². The van der Waals surface area contributed by atoms with E-state index >= 15 is 0 Å². The third kappa shape index (κ3) is 18.0. The second-order valence-corrected chi connectivity index (χ2v) is 26.2. The van der Waals surface area contributed by atoms with Crippen LogP contribution < -0.4 is 63.7 Å². The van der Waals surface area contributed by atoms with Gasteiger partial charge in [-0.2, -0.15) is 0 Å². The van der Waals surface area contributed by atoms with E-state index in [2.05, 4.69) is 364 Å². The molecule has 0 aromatic heterocycles. The fraction of sp³-hybridized carbons (Fsp3) is 0. The van der Waals surface area contributed by atoms with Crippen LogP contribution >= 0.6 is 31.7 Å². The van der Waals surface area contributed by atoms with Crippen molar-refractivity contribution in [3.63, 3.8) is 0 Å². The predicted molar refractivity (Wildman–Crippen MR) is 344 cm³/mol. The summed E-state index contributed by atoms with van der Waals surface area (Å²) >= 11 is 0. The molecule has 0 aliphatic heterocycles. The van der Waals surface area contributed by atoms with E-state index < -0.39 is 31.7 Å². The summed E-state index contributed by atoms with van der Waals surface area (Å²) in [4.78, 5) is 0. The fourth-order valence-electron chi connectivity index (χ4n) is 8.71. The second kappa shape index (κ2) is 34.0. The van der Waals surface area contributed by atoms with Crippen molar-refractivity contribution in [3.8, 4) is 0 Å². The van der Waals surface area contributed by atoms with Gasteiger partial charge in [0.2, 0.25) is 0 Å². The first-order valence-electron chi connectivity index (χ1n) is 25.6. The normalized spacial score (nSPS) is 10.2. The molecule has 0 amide bonds. The first-order valence-corrected chi connectivity index (χ1v) is 31.0. The molecule has 0 saturated carbocycles. The summed E-state index contributed by atoms with van der Waals surface area (Å²) in [7, 11) is -1.78. The molecule has 0 aliphatic rings. The molecule has 0 aliphatic carbocycles. The molecule has 0 fully saturated rings. The maximum absolute atomic E-state index is 2.23. The van der Waals surface area contributed by atoms with E-state index in [1.54, 1.807) is 0 Å². The monoisotopic (exact) mass is 1180 g/mol. The van der Waals surface area contributed by atoms with E-state index in [1.165, 1.54) is 63.7 Å². The van der Waals surface area contributed by atoms with Crippen molar-refractivity contribution in [2.45, 2.75) is 0 Å². The molecular weight excluding hydrogens is 1120 g/mol. The van der Waals surface area contributed by atoms with Gasteiger partial charge in [0.05, 0.1) is 0 Å². The van der Waals surface area contributed by atoms with Crippen molar-refractivity contribution in [3.05, 3.63) is 364 Å². The maximum Gasteiger partial charge on any atom is 2.00 e. The van der Waals surface area contributed by atoms with Crippen LogP contribution in [-0.2, 0) is 19.5 Å². The molecule has 12 aromatic carbocycles. The molecule has 12 rings (SSSR count). The number of benzene rings is 12. The largest absolute Gasteiger partial charge is 2.00 e. The van der Waals surface area contributed by atoms with Crippen LogP contribution in [0.25, 0.3) is 0 Å². The van der Waals surface area contributed by atoms with Crippen molar-refractivity contribution < 1.29 is 30.4 Å². The molecule has 2 nitrogen and oxygen atoms in total. The SMILES string of the molecule is [OH-].[OH-].[Ru+2].c1ccc(P(c2ccccc2)c2ccccc2)cc1.c1ccc(P(c2ccccc2)c2ccccc2)cc1.c1ccc(P(c2ccccc2)c2ccccc2)cc1.c1ccc(P(c2ccccc2)c2ccccc2)cc1.